The lowest BCUT2D eigenvalue weighted by Crippen LogP contribution is -2.03. The first kappa shape index (κ1) is 14.9. The highest BCUT2D eigenvalue weighted by Gasteiger charge is 2.26. The second kappa shape index (κ2) is 5.99. The third-order valence-corrected chi connectivity index (χ3v) is 5.08. The van der Waals surface area contributed by atoms with Crippen molar-refractivity contribution < 1.29 is 4.79 Å². The molecular formula is C16H11Br2NOS. The lowest BCUT2D eigenvalue weighted by Gasteiger charge is -2.03. The zero-order valence-electron chi connectivity index (χ0n) is 11.1. The molecule has 1 aliphatic rings. The fourth-order valence-electron chi connectivity index (χ4n) is 2.23. The van der Waals surface area contributed by atoms with Crippen molar-refractivity contribution in [1.29, 1.82) is 0 Å². The quantitative estimate of drug-likeness (QED) is 0.514. The molecule has 1 N–H and O–H groups in total. The molecule has 1 aliphatic heterocycles. The Labute approximate surface area is 144 Å². The predicted molar refractivity (Wildman–Crippen MR) is 96.6 cm³/mol. The van der Waals surface area contributed by atoms with Crippen molar-refractivity contribution in [2.24, 2.45) is 0 Å². The molecule has 106 valence electrons. The van der Waals surface area contributed by atoms with Crippen LogP contribution in [0.15, 0.2) is 50.2 Å². The molecule has 0 atom stereocenters. The van der Waals surface area contributed by atoms with Gasteiger partial charge in [-0.25, -0.2) is 0 Å². The minimum Gasteiger partial charge on any atom is -0.320 e. The van der Waals surface area contributed by atoms with Gasteiger partial charge in [-0.15, -0.1) is 11.8 Å². The average Bonchev–Trinajstić information content (AvgIpc) is 2.77. The maximum Gasteiger partial charge on any atom is 0.256 e. The van der Waals surface area contributed by atoms with Crippen LogP contribution in [0.4, 0.5) is 5.69 Å². The predicted octanol–water partition coefficient (Wildman–Crippen LogP) is 5.43. The summed E-state index contributed by atoms with van der Waals surface area (Å²) in [6, 6.07) is 12.0. The molecule has 0 aromatic heterocycles. The van der Waals surface area contributed by atoms with E-state index in [9.17, 15) is 4.79 Å². The molecule has 0 saturated carbocycles. The third-order valence-electron chi connectivity index (χ3n) is 3.26. The molecular weight excluding hydrogens is 414 g/mol. The van der Waals surface area contributed by atoms with Gasteiger partial charge >= 0.3 is 0 Å². The summed E-state index contributed by atoms with van der Waals surface area (Å²) in [4.78, 5) is 13.4. The van der Waals surface area contributed by atoms with Gasteiger partial charge in [0.05, 0.1) is 5.69 Å². The van der Waals surface area contributed by atoms with Crippen molar-refractivity contribution in [3.05, 3.63) is 56.5 Å². The molecule has 1 amide bonds. The minimum absolute atomic E-state index is 0.0715. The number of carbonyl (C=O) groups excluding carboxylic acids is 1. The summed E-state index contributed by atoms with van der Waals surface area (Å²) in [5.74, 6) is -0.0715. The number of benzene rings is 2. The number of hydrogen-bond acceptors (Lipinski definition) is 2. The Balaban J connectivity index is 2.07. The SMILES string of the molecule is CSc1ccc(/C=C2\C(=O)Nc3c(Br)cc(Br)cc32)cc1. The fraction of sp³-hybridized carbons (Fsp3) is 0.0625. The van der Waals surface area contributed by atoms with Gasteiger partial charge in [0.2, 0.25) is 0 Å². The lowest BCUT2D eigenvalue weighted by atomic mass is 10.0. The van der Waals surface area contributed by atoms with Gasteiger partial charge in [0.25, 0.3) is 5.91 Å². The normalized spacial score (nSPS) is 15.2. The van der Waals surface area contributed by atoms with Gasteiger partial charge in [-0.1, -0.05) is 28.1 Å². The summed E-state index contributed by atoms with van der Waals surface area (Å²) in [6.45, 7) is 0. The average molecular weight is 425 g/mol. The first-order valence-electron chi connectivity index (χ1n) is 6.25. The summed E-state index contributed by atoms with van der Waals surface area (Å²) < 4.78 is 1.81. The summed E-state index contributed by atoms with van der Waals surface area (Å²) >= 11 is 8.65. The first-order valence-corrected chi connectivity index (χ1v) is 9.06. The molecule has 21 heavy (non-hydrogen) atoms. The maximum absolute atomic E-state index is 12.2. The van der Waals surface area contributed by atoms with Crippen LogP contribution in [0.3, 0.4) is 0 Å². The maximum atomic E-state index is 12.2. The van der Waals surface area contributed by atoms with Crippen molar-refractivity contribution in [3.63, 3.8) is 0 Å². The van der Waals surface area contributed by atoms with E-state index in [1.807, 2.05) is 36.6 Å². The molecule has 0 aliphatic carbocycles. The fourth-order valence-corrected chi connectivity index (χ4v) is 3.96. The van der Waals surface area contributed by atoms with Gasteiger partial charge in [0.1, 0.15) is 0 Å². The standard InChI is InChI=1S/C16H11Br2NOS/c1-21-11-4-2-9(3-5-11)6-13-12-7-10(17)8-14(18)15(12)19-16(13)20/h2-8H,1H3,(H,19,20)/b13-6-. The monoisotopic (exact) mass is 423 g/mol. The van der Waals surface area contributed by atoms with Crippen LogP contribution in [0, 0.1) is 0 Å². The van der Waals surface area contributed by atoms with Crippen molar-refractivity contribution >= 4 is 66.9 Å². The third kappa shape index (κ3) is 2.96. The van der Waals surface area contributed by atoms with Crippen molar-refractivity contribution in [2.75, 3.05) is 11.6 Å². The van der Waals surface area contributed by atoms with Crippen LogP contribution in [0.1, 0.15) is 11.1 Å². The van der Waals surface area contributed by atoms with Crippen LogP contribution in [0.5, 0.6) is 0 Å². The Bertz CT molecular complexity index is 754. The molecule has 0 radical (unpaired) electrons. The van der Waals surface area contributed by atoms with Crippen LogP contribution in [0.2, 0.25) is 0 Å². The highest BCUT2D eigenvalue weighted by Crippen LogP contribution is 2.40. The number of fused-ring (bicyclic) bond motifs is 1. The molecule has 0 fully saturated rings. The summed E-state index contributed by atoms with van der Waals surface area (Å²) in [5, 5.41) is 2.91. The van der Waals surface area contributed by atoms with E-state index < -0.39 is 0 Å². The van der Waals surface area contributed by atoms with E-state index in [-0.39, 0.29) is 5.91 Å². The first-order chi connectivity index (χ1) is 10.1. The van der Waals surface area contributed by atoms with Crippen molar-refractivity contribution in [2.45, 2.75) is 4.90 Å². The number of anilines is 1. The Morgan fingerprint density at radius 1 is 1.14 bits per heavy atom. The molecule has 2 aromatic carbocycles. The van der Waals surface area contributed by atoms with E-state index in [0.29, 0.717) is 5.57 Å². The molecule has 5 heteroatoms. The number of thioether (sulfide) groups is 1. The van der Waals surface area contributed by atoms with Crippen LogP contribution in [0.25, 0.3) is 11.6 Å². The van der Waals surface area contributed by atoms with Gasteiger partial charge in [0, 0.05) is 25.0 Å². The number of rotatable bonds is 2. The number of carbonyl (C=O) groups is 1. The van der Waals surface area contributed by atoms with Crippen LogP contribution in [-0.2, 0) is 4.79 Å². The van der Waals surface area contributed by atoms with Crippen molar-refractivity contribution in [3.8, 4) is 0 Å². The van der Waals surface area contributed by atoms with Gasteiger partial charge in [-0.3, -0.25) is 4.79 Å². The summed E-state index contributed by atoms with van der Waals surface area (Å²) in [5.41, 5.74) is 3.44. The number of halogens is 2. The van der Waals surface area contributed by atoms with Crippen LogP contribution >= 0.6 is 43.6 Å². The molecule has 2 aromatic rings. The Morgan fingerprint density at radius 2 is 1.86 bits per heavy atom. The largest absolute Gasteiger partial charge is 0.320 e. The van der Waals surface area contributed by atoms with E-state index in [2.05, 4.69) is 49.3 Å². The zero-order valence-corrected chi connectivity index (χ0v) is 15.1. The second-order valence-electron chi connectivity index (χ2n) is 4.60. The van der Waals surface area contributed by atoms with Crippen LogP contribution in [-0.4, -0.2) is 12.2 Å². The van der Waals surface area contributed by atoms with Gasteiger partial charge in [-0.2, -0.15) is 0 Å². The molecule has 0 unspecified atom stereocenters. The summed E-state index contributed by atoms with van der Waals surface area (Å²) in [7, 11) is 0. The Morgan fingerprint density at radius 3 is 2.52 bits per heavy atom. The smallest absolute Gasteiger partial charge is 0.256 e. The highest BCUT2D eigenvalue weighted by atomic mass is 79.9. The van der Waals surface area contributed by atoms with E-state index in [1.165, 1.54) is 4.90 Å². The molecule has 3 rings (SSSR count). The van der Waals surface area contributed by atoms with E-state index in [1.54, 1.807) is 11.8 Å². The van der Waals surface area contributed by atoms with Gasteiger partial charge < -0.3 is 5.32 Å². The number of nitrogens with one attached hydrogen (secondary N) is 1. The lowest BCUT2D eigenvalue weighted by molar-refractivity contribution is -0.110. The molecule has 2 nitrogen and oxygen atoms in total. The van der Waals surface area contributed by atoms with Crippen LogP contribution < -0.4 is 5.32 Å². The van der Waals surface area contributed by atoms with Gasteiger partial charge in [0.15, 0.2) is 0 Å². The number of hydrogen-bond donors (Lipinski definition) is 1. The molecule has 0 bridgehead atoms. The highest BCUT2D eigenvalue weighted by molar-refractivity contribution is 9.11. The Kier molecular flexibility index (Phi) is 4.24. The molecule has 0 spiro atoms. The Hall–Kier alpha value is -1.04. The number of amides is 1. The minimum atomic E-state index is -0.0715. The topological polar surface area (TPSA) is 29.1 Å². The molecule has 0 saturated heterocycles. The summed E-state index contributed by atoms with van der Waals surface area (Å²) in [6.07, 6.45) is 3.97. The molecule has 1 heterocycles. The van der Waals surface area contributed by atoms with E-state index in [0.717, 1.165) is 25.8 Å². The zero-order chi connectivity index (χ0) is 15.0. The second-order valence-corrected chi connectivity index (χ2v) is 7.25. The van der Waals surface area contributed by atoms with E-state index in [4.69, 9.17) is 0 Å². The van der Waals surface area contributed by atoms with Gasteiger partial charge in [-0.05, 0) is 58.1 Å². The van der Waals surface area contributed by atoms with Crippen molar-refractivity contribution in [1.82, 2.24) is 0 Å². The van der Waals surface area contributed by atoms with E-state index >= 15 is 0 Å².